The number of pyridine rings is 1. The fourth-order valence-corrected chi connectivity index (χ4v) is 1.54. The molecule has 0 unspecified atom stereocenters. The Morgan fingerprint density at radius 1 is 1.53 bits per heavy atom. The Morgan fingerprint density at radius 3 is 2.82 bits per heavy atom. The summed E-state index contributed by atoms with van der Waals surface area (Å²) in [6, 6.07) is 3.58. The van der Waals surface area contributed by atoms with E-state index in [1.54, 1.807) is 30.3 Å². The van der Waals surface area contributed by atoms with Crippen LogP contribution < -0.4 is 5.32 Å². The topological polar surface area (TPSA) is 45.2 Å². The number of nitrogens with zero attached hydrogens (tertiary/aromatic N) is 2. The van der Waals surface area contributed by atoms with Crippen LogP contribution in [0.25, 0.3) is 0 Å². The van der Waals surface area contributed by atoms with Gasteiger partial charge in [-0.05, 0) is 24.5 Å². The van der Waals surface area contributed by atoms with Crippen LogP contribution in [0.1, 0.15) is 30.6 Å². The van der Waals surface area contributed by atoms with Crippen LogP contribution in [-0.4, -0.2) is 36.4 Å². The molecule has 1 N–H and O–H groups in total. The smallest absolute Gasteiger partial charge is 0.257 e. The highest BCUT2D eigenvalue weighted by Gasteiger charge is 2.15. The van der Waals surface area contributed by atoms with E-state index >= 15 is 0 Å². The molecule has 0 radical (unpaired) electrons. The van der Waals surface area contributed by atoms with Crippen molar-refractivity contribution >= 4 is 11.7 Å². The van der Waals surface area contributed by atoms with E-state index in [0.29, 0.717) is 17.3 Å². The number of amides is 1. The lowest BCUT2D eigenvalue weighted by atomic mass is 10.1. The molecule has 0 atom stereocenters. The van der Waals surface area contributed by atoms with Gasteiger partial charge >= 0.3 is 0 Å². The van der Waals surface area contributed by atoms with Crippen LogP contribution in [-0.2, 0) is 0 Å². The molecule has 1 heterocycles. The largest absolute Gasteiger partial charge is 0.372 e. The summed E-state index contributed by atoms with van der Waals surface area (Å²) in [5.41, 5.74) is 0.626. The van der Waals surface area contributed by atoms with Crippen molar-refractivity contribution in [1.29, 1.82) is 0 Å². The summed E-state index contributed by atoms with van der Waals surface area (Å²) in [5, 5.41) is 2.94. The highest BCUT2D eigenvalue weighted by molar-refractivity contribution is 5.98. The molecule has 1 aromatic rings. The van der Waals surface area contributed by atoms with E-state index in [9.17, 15) is 4.79 Å². The summed E-state index contributed by atoms with van der Waals surface area (Å²) >= 11 is 0. The first-order chi connectivity index (χ1) is 8.06. The molecule has 0 fully saturated rings. The molecule has 0 saturated heterocycles. The first kappa shape index (κ1) is 13.5. The lowest BCUT2D eigenvalue weighted by Crippen LogP contribution is -2.29. The molecule has 0 aliphatic carbocycles. The Kier molecular flexibility index (Phi) is 4.94. The van der Waals surface area contributed by atoms with Crippen molar-refractivity contribution in [1.82, 2.24) is 9.88 Å². The normalized spacial score (nSPS) is 10.4. The molecule has 0 aliphatic heterocycles. The number of hydrogen-bond donors (Lipinski definition) is 1. The minimum Gasteiger partial charge on any atom is -0.372 e. The van der Waals surface area contributed by atoms with Crippen LogP contribution in [0.5, 0.6) is 0 Å². The summed E-state index contributed by atoms with van der Waals surface area (Å²) in [4.78, 5) is 18.1. The van der Waals surface area contributed by atoms with E-state index in [1.165, 1.54) is 0 Å². The lowest BCUT2D eigenvalue weighted by Gasteiger charge is -2.19. The molecule has 94 valence electrons. The van der Waals surface area contributed by atoms with Gasteiger partial charge in [0, 0.05) is 26.8 Å². The zero-order valence-electron chi connectivity index (χ0n) is 11.0. The maximum atomic E-state index is 12.2. The number of aromatic nitrogens is 1. The van der Waals surface area contributed by atoms with Crippen molar-refractivity contribution in [3.8, 4) is 0 Å². The number of hydrogen-bond acceptors (Lipinski definition) is 3. The van der Waals surface area contributed by atoms with Crippen molar-refractivity contribution in [2.75, 3.05) is 26.0 Å². The fourth-order valence-electron chi connectivity index (χ4n) is 1.54. The molecule has 0 aliphatic rings. The molecule has 0 spiro atoms. The van der Waals surface area contributed by atoms with Gasteiger partial charge in [0.25, 0.3) is 5.91 Å². The molecule has 0 bridgehead atoms. The summed E-state index contributed by atoms with van der Waals surface area (Å²) in [6.45, 7) is 5.08. The summed E-state index contributed by atoms with van der Waals surface area (Å²) < 4.78 is 0. The molecule has 4 heteroatoms. The SMILES string of the molecule is CNc1ncccc1C(=O)N(C)CCC(C)C. The number of nitrogens with one attached hydrogen (secondary N) is 1. The zero-order valence-corrected chi connectivity index (χ0v) is 11.0. The van der Waals surface area contributed by atoms with Crippen LogP contribution in [0.15, 0.2) is 18.3 Å². The third kappa shape index (κ3) is 3.73. The van der Waals surface area contributed by atoms with Gasteiger partial charge in [0.05, 0.1) is 5.56 Å². The molecule has 1 amide bonds. The fraction of sp³-hybridized carbons (Fsp3) is 0.538. The molecule has 17 heavy (non-hydrogen) atoms. The first-order valence-electron chi connectivity index (χ1n) is 5.94. The number of carbonyl (C=O) groups excluding carboxylic acids is 1. The van der Waals surface area contributed by atoms with Gasteiger partial charge in [-0.25, -0.2) is 4.98 Å². The van der Waals surface area contributed by atoms with Crippen LogP contribution in [0.3, 0.4) is 0 Å². The summed E-state index contributed by atoms with van der Waals surface area (Å²) in [7, 11) is 3.60. The van der Waals surface area contributed by atoms with Crippen molar-refractivity contribution in [3.05, 3.63) is 23.9 Å². The van der Waals surface area contributed by atoms with E-state index in [2.05, 4.69) is 24.1 Å². The second-order valence-corrected chi connectivity index (χ2v) is 4.56. The first-order valence-corrected chi connectivity index (χ1v) is 5.94. The monoisotopic (exact) mass is 235 g/mol. The molecule has 1 rings (SSSR count). The standard InChI is InChI=1S/C13H21N3O/c1-10(2)7-9-16(4)13(17)11-6-5-8-15-12(11)14-3/h5-6,8,10H,7,9H2,1-4H3,(H,14,15). The Labute approximate surface area is 103 Å². The Bertz CT molecular complexity index is 377. The van der Waals surface area contributed by atoms with Gasteiger partial charge in [0.15, 0.2) is 0 Å². The van der Waals surface area contributed by atoms with Crippen molar-refractivity contribution < 1.29 is 4.79 Å². The Balaban J connectivity index is 2.74. The average Bonchev–Trinajstić information content (AvgIpc) is 2.34. The minimum absolute atomic E-state index is 0.0168. The van der Waals surface area contributed by atoms with Crippen LogP contribution in [0.4, 0.5) is 5.82 Å². The van der Waals surface area contributed by atoms with Crippen molar-refractivity contribution in [3.63, 3.8) is 0 Å². The van der Waals surface area contributed by atoms with E-state index in [1.807, 2.05) is 7.05 Å². The summed E-state index contributed by atoms with van der Waals surface area (Å²) in [6.07, 6.45) is 2.69. The molecule has 4 nitrogen and oxygen atoms in total. The quantitative estimate of drug-likeness (QED) is 0.851. The molecule has 1 aromatic heterocycles. The van der Waals surface area contributed by atoms with E-state index in [-0.39, 0.29) is 5.91 Å². The van der Waals surface area contributed by atoms with Crippen LogP contribution in [0.2, 0.25) is 0 Å². The number of rotatable bonds is 5. The molecular formula is C13H21N3O. The van der Waals surface area contributed by atoms with Gasteiger partial charge < -0.3 is 10.2 Å². The Hall–Kier alpha value is -1.58. The Morgan fingerprint density at radius 2 is 2.24 bits per heavy atom. The second kappa shape index (κ2) is 6.23. The van der Waals surface area contributed by atoms with Crippen molar-refractivity contribution in [2.24, 2.45) is 5.92 Å². The zero-order chi connectivity index (χ0) is 12.8. The molecule has 0 saturated carbocycles. The number of carbonyl (C=O) groups is 1. The predicted octanol–water partition coefficient (Wildman–Crippen LogP) is 2.24. The van der Waals surface area contributed by atoms with Crippen molar-refractivity contribution in [2.45, 2.75) is 20.3 Å². The van der Waals surface area contributed by atoms with Crippen LogP contribution >= 0.6 is 0 Å². The lowest BCUT2D eigenvalue weighted by molar-refractivity contribution is 0.0790. The van der Waals surface area contributed by atoms with Gasteiger partial charge in [-0.2, -0.15) is 0 Å². The van der Waals surface area contributed by atoms with Gasteiger partial charge in [-0.3, -0.25) is 4.79 Å². The number of anilines is 1. The third-order valence-corrected chi connectivity index (χ3v) is 2.66. The highest BCUT2D eigenvalue weighted by Crippen LogP contribution is 2.13. The minimum atomic E-state index is 0.0168. The highest BCUT2D eigenvalue weighted by atomic mass is 16.2. The maximum absolute atomic E-state index is 12.2. The second-order valence-electron chi connectivity index (χ2n) is 4.56. The molecule has 0 aromatic carbocycles. The van der Waals surface area contributed by atoms with E-state index in [0.717, 1.165) is 13.0 Å². The molecular weight excluding hydrogens is 214 g/mol. The third-order valence-electron chi connectivity index (χ3n) is 2.66. The van der Waals surface area contributed by atoms with E-state index < -0.39 is 0 Å². The van der Waals surface area contributed by atoms with Crippen LogP contribution in [0, 0.1) is 5.92 Å². The predicted molar refractivity (Wildman–Crippen MR) is 70.2 cm³/mol. The maximum Gasteiger partial charge on any atom is 0.257 e. The van der Waals surface area contributed by atoms with E-state index in [4.69, 9.17) is 0 Å². The van der Waals surface area contributed by atoms with Gasteiger partial charge in [-0.1, -0.05) is 13.8 Å². The summed E-state index contributed by atoms with van der Waals surface area (Å²) in [5.74, 6) is 1.25. The van der Waals surface area contributed by atoms with Gasteiger partial charge in [0.2, 0.25) is 0 Å². The average molecular weight is 235 g/mol. The van der Waals surface area contributed by atoms with Gasteiger partial charge in [-0.15, -0.1) is 0 Å². The van der Waals surface area contributed by atoms with Gasteiger partial charge in [0.1, 0.15) is 5.82 Å².